The first kappa shape index (κ1) is 23.4. The molecule has 9 nitrogen and oxygen atoms in total. The van der Waals surface area contributed by atoms with Crippen LogP contribution in [-0.4, -0.2) is 81.6 Å². The number of hydrogen-bond acceptors (Lipinski definition) is 5. The number of piperazine rings is 1. The van der Waals surface area contributed by atoms with Gasteiger partial charge in [-0.3, -0.25) is 19.1 Å². The number of para-hydroxylation sites is 1. The summed E-state index contributed by atoms with van der Waals surface area (Å²) in [6.07, 6.45) is 4.19. The first-order valence-corrected chi connectivity index (χ1v) is 12.7. The van der Waals surface area contributed by atoms with E-state index < -0.39 is 5.54 Å². The Morgan fingerprint density at radius 2 is 1.77 bits per heavy atom. The molecule has 0 spiro atoms. The Morgan fingerprint density at radius 3 is 2.43 bits per heavy atom. The lowest BCUT2D eigenvalue weighted by atomic mass is 9.94. The Morgan fingerprint density at radius 1 is 1.09 bits per heavy atom. The fraction of sp³-hybridized carbons (Fsp3) is 0.538. The molecule has 0 bridgehead atoms. The van der Waals surface area contributed by atoms with Crippen LogP contribution in [0.15, 0.2) is 36.4 Å². The number of carbonyl (C=O) groups excluding carboxylic acids is 3. The molecule has 5 rings (SSSR count). The van der Waals surface area contributed by atoms with E-state index in [0.29, 0.717) is 25.3 Å². The third kappa shape index (κ3) is 4.28. The lowest BCUT2D eigenvalue weighted by Crippen LogP contribution is -2.64. The molecule has 2 fully saturated rings. The van der Waals surface area contributed by atoms with Gasteiger partial charge in [-0.2, -0.15) is 5.10 Å². The van der Waals surface area contributed by atoms with E-state index in [9.17, 15) is 14.4 Å². The molecule has 35 heavy (non-hydrogen) atoms. The van der Waals surface area contributed by atoms with Crippen molar-refractivity contribution in [3.05, 3.63) is 47.8 Å². The third-order valence-electron chi connectivity index (χ3n) is 7.70. The Balaban J connectivity index is 1.31. The Kier molecular flexibility index (Phi) is 6.25. The molecule has 1 aliphatic carbocycles. The average molecular weight is 479 g/mol. The molecule has 0 radical (unpaired) electrons. The number of nitrogens with zero attached hydrogens (tertiary/aromatic N) is 5. The van der Waals surface area contributed by atoms with Crippen LogP contribution in [0.3, 0.4) is 0 Å². The molecule has 1 saturated carbocycles. The number of fused-ring (bicyclic) bond motifs is 1. The van der Waals surface area contributed by atoms with Crippen LogP contribution < -0.4 is 10.2 Å². The molecule has 2 aromatic rings. The Hall–Kier alpha value is -3.36. The van der Waals surface area contributed by atoms with E-state index in [2.05, 4.69) is 27.4 Å². The zero-order chi connectivity index (χ0) is 24.6. The summed E-state index contributed by atoms with van der Waals surface area (Å²) in [6, 6.07) is 11.9. The maximum absolute atomic E-state index is 13.4. The molecular weight excluding hydrogens is 444 g/mol. The quantitative estimate of drug-likeness (QED) is 0.711. The molecule has 1 saturated heterocycles. The molecule has 3 amide bonds. The van der Waals surface area contributed by atoms with Crippen LogP contribution in [0.25, 0.3) is 0 Å². The van der Waals surface area contributed by atoms with Crippen molar-refractivity contribution in [1.82, 2.24) is 24.9 Å². The second-order valence-electron chi connectivity index (χ2n) is 9.97. The SMILES string of the molecule is CCN1C(=O)c2cc(C(=O)N3CCN(c4ccccc4)CC3)nn2CC1(C)C(=O)NC1CCCC1. The van der Waals surface area contributed by atoms with Crippen molar-refractivity contribution in [2.24, 2.45) is 0 Å². The van der Waals surface area contributed by atoms with E-state index in [1.54, 1.807) is 27.5 Å². The van der Waals surface area contributed by atoms with Crippen molar-refractivity contribution in [3.8, 4) is 0 Å². The molecule has 3 aliphatic rings. The van der Waals surface area contributed by atoms with Crippen molar-refractivity contribution < 1.29 is 14.4 Å². The van der Waals surface area contributed by atoms with Gasteiger partial charge in [0.05, 0.1) is 6.54 Å². The highest BCUT2D eigenvalue weighted by Gasteiger charge is 2.48. The van der Waals surface area contributed by atoms with Crippen LogP contribution in [0.5, 0.6) is 0 Å². The highest BCUT2D eigenvalue weighted by atomic mass is 16.2. The summed E-state index contributed by atoms with van der Waals surface area (Å²) in [5, 5.41) is 7.67. The number of amides is 3. The van der Waals surface area contributed by atoms with Crippen LogP contribution in [0.2, 0.25) is 0 Å². The minimum Gasteiger partial charge on any atom is -0.368 e. The molecular formula is C26H34N6O3. The maximum atomic E-state index is 13.4. The summed E-state index contributed by atoms with van der Waals surface area (Å²) in [4.78, 5) is 45.6. The van der Waals surface area contributed by atoms with Crippen molar-refractivity contribution in [1.29, 1.82) is 0 Å². The zero-order valence-corrected chi connectivity index (χ0v) is 20.6. The van der Waals surface area contributed by atoms with Gasteiger partial charge in [0, 0.05) is 50.5 Å². The first-order valence-electron chi connectivity index (χ1n) is 12.7. The second-order valence-corrected chi connectivity index (χ2v) is 9.97. The van der Waals surface area contributed by atoms with Crippen molar-refractivity contribution >= 4 is 23.4 Å². The van der Waals surface area contributed by atoms with Gasteiger partial charge in [0.1, 0.15) is 11.2 Å². The number of rotatable bonds is 5. The van der Waals surface area contributed by atoms with E-state index in [1.165, 1.54) is 0 Å². The molecule has 2 aliphatic heterocycles. The summed E-state index contributed by atoms with van der Waals surface area (Å²) >= 11 is 0. The lowest BCUT2D eigenvalue weighted by molar-refractivity contribution is -0.133. The summed E-state index contributed by atoms with van der Waals surface area (Å²) in [5.41, 5.74) is 0.731. The monoisotopic (exact) mass is 478 g/mol. The van der Waals surface area contributed by atoms with Gasteiger partial charge in [-0.15, -0.1) is 0 Å². The summed E-state index contributed by atoms with van der Waals surface area (Å²) in [7, 11) is 0. The van der Waals surface area contributed by atoms with E-state index in [4.69, 9.17) is 0 Å². The average Bonchev–Trinajstić information content (AvgIpc) is 3.54. The van der Waals surface area contributed by atoms with E-state index in [1.807, 2.05) is 25.1 Å². The predicted molar refractivity (Wildman–Crippen MR) is 132 cm³/mol. The topological polar surface area (TPSA) is 90.8 Å². The van der Waals surface area contributed by atoms with Gasteiger partial charge in [-0.05, 0) is 38.8 Å². The fourth-order valence-corrected chi connectivity index (χ4v) is 5.62. The second kappa shape index (κ2) is 9.36. The highest BCUT2D eigenvalue weighted by Crippen LogP contribution is 2.29. The molecule has 1 aromatic heterocycles. The number of benzene rings is 1. The molecule has 3 heterocycles. The maximum Gasteiger partial charge on any atom is 0.274 e. The number of hydrogen-bond donors (Lipinski definition) is 1. The number of carbonyl (C=O) groups is 3. The van der Waals surface area contributed by atoms with Crippen LogP contribution in [0, 0.1) is 0 Å². The normalized spacial score (nSPS) is 22.9. The molecule has 9 heteroatoms. The molecule has 1 atom stereocenters. The van der Waals surface area contributed by atoms with Crippen LogP contribution >= 0.6 is 0 Å². The summed E-state index contributed by atoms with van der Waals surface area (Å²) in [5.74, 6) is -0.582. The Bertz CT molecular complexity index is 1100. The first-order chi connectivity index (χ1) is 16.9. The standard InChI is InChI=1S/C26H34N6O3/c1-3-31-24(34)22-17-21(23(33)30-15-13-29(14-16-30)20-11-5-4-6-12-20)28-32(22)18-26(31,2)25(35)27-19-9-7-8-10-19/h4-6,11-12,17,19H,3,7-10,13-16,18H2,1-2H3,(H,27,35). The highest BCUT2D eigenvalue weighted by molar-refractivity contribution is 6.02. The van der Waals surface area contributed by atoms with Gasteiger partial charge in [0.2, 0.25) is 5.91 Å². The van der Waals surface area contributed by atoms with Gasteiger partial charge in [0.25, 0.3) is 11.8 Å². The predicted octanol–water partition coefficient (Wildman–Crippen LogP) is 2.14. The third-order valence-corrected chi connectivity index (χ3v) is 7.70. The fourth-order valence-electron chi connectivity index (χ4n) is 5.62. The van der Waals surface area contributed by atoms with Crippen molar-refractivity contribution in [2.75, 3.05) is 37.6 Å². The van der Waals surface area contributed by atoms with Crippen LogP contribution in [-0.2, 0) is 11.3 Å². The van der Waals surface area contributed by atoms with Gasteiger partial charge in [-0.1, -0.05) is 31.0 Å². The van der Waals surface area contributed by atoms with Gasteiger partial charge in [-0.25, -0.2) is 0 Å². The number of likely N-dealkylation sites (N-methyl/N-ethyl adjacent to an activating group) is 1. The van der Waals surface area contributed by atoms with Crippen molar-refractivity contribution in [2.45, 2.75) is 57.7 Å². The Labute approximate surface area is 206 Å². The summed E-state index contributed by atoms with van der Waals surface area (Å²) in [6.45, 7) is 6.98. The lowest BCUT2D eigenvalue weighted by Gasteiger charge is -2.43. The van der Waals surface area contributed by atoms with Gasteiger partial charge in [0.15, 0.2) is 5.69 Å². The number of aromatic nitrogens is 2. The number of nitrogens with one attached hydrogen (secondary N) is 1. The van der Waals surface area contributed by atoms with E-state index in [-0.39, 0.29) is 36.0 Å². The van der Waals surface area contributed by atoms with E-state index in [0.717, 1.165) is 44.5 Å². The van der Waals surface area contributed by atoms with Crippen LogP contribution in [0.4, 0.5) is 5.69 Å². The van der Waals surface area contributed by atoms with Gasteiger partial charge >= 0.3 is 0 Å². The minimum absolute atomic E-state index is 0.148. The van der Waals surface area contributed by atoms with E-state index >= 15 is 0 Å². The molecule has 186 valence electrons. The summed E-state index contributed by atoms with van der Waals surface area (Å²) < 4.78 is 1.55. The largest absolute Gasteiger partial charge is 0.368 e. The molecule has 1 unspecified atom stereocenters. The smallest absolute Gasteiger partial charge is 0.274 e. The van der Waals surface area contributed by atoms with Crippen LogP contribution in [0.1, 0.15) is 60.5 Å². The zero-order valence-electron chi connectivity index (χ0n) is 20.6. The molecule has 1 aromatic carbocycles. The van der Waals surface area contributed by atoms with Gasteiger partial charge < -0.3 is 20.0 Å². The minimum atomic E-state index is -1.05. The van der Waals surface area contributed by atoms with Crippen molar-refractivity contribution in [3.63, 3.8) is 0 Å². The number of anilines is 1. The molecule has 1 N–H and O–H groups in total.